The molecule has 0 aliphatic heterocycles. The van der Waals surface area contributed by atoms with Gasteiger partial charge in [0, 0.05) is 18.1 Å². The Morgan fingerprint density at radius 2 is 2.40 bits per heavy atom. The van der Waals surface area contributed by atoms with Crippen molar-refractivity contribution in [3.8, 4) is 0 Å². The van der Waals surface area contributed by atoms with Crippen LogP contribution in [0.4, 0.5) is 10.5 Å². The average molecular weight is 209 g/mol. The van der Waals surface area contributed by atoms with Gasteiger partial charge in [-0.15, -0.1) is 0 Å². The highest BCUT2D eigenvalue weighted by Crippen LogP contribution is 2.10. The highest BCUT2D eigenvalue weighted by molar-refractivity contribution is 5.90. The predicted molar refractivity (Wildman–Crippen MR) is 57.7 cm³/mol. The van der Waals surface area contributed by atoms with Crippen molar-refractivity contribution in [2.45, 2.75) is 19.9 Å². The summed E-state index contributed by atoms with van der Waals surface area (Å²) in [7, 11) is 0. The third-order valence-corrected chi connectivity index (χ3v) is 1.92. The van der Waals surface area contributed by atoms with E-state index in [1.807, 2.05) is 6.92 Å². The molecule has 5 nitrogen and oxygen atoms in total. The number of carbonyl (C=O) groups excluding carboxylic acids is 1. The summed E-state index contributed by atoms with van der Waals surface area (Å²) < 4.78 is 0. The first-order valence-corrected chi connectivity index (χ1v) is 4.72. The number of nitrogens with zero attached hydrogens (tertiary/aromatic N) is 1. The molecule has 3 N–H and O–H groups in total. The highest BCUT2D eigenvalue weighted by atomic mass is 16.3. The third-order valence-electron chi connectivity index (χ3n) is 1.92. The lowest BCUT2D eigenvalue weighted by molar-refractivity contribution is 0.229. The number of aliphatic hydroxyl groups excluding tert-OH is 1. The second-order valence-electron chi connectivity index (χ2n) is 3.37. The molecule has 15 heavy (non-hydrogen) atoms. The van der Waals surface area contributed by atoms with Gasteiger partial charge in [-0.05, 0) is 25.5 Å². The normalized spacial score (nSPS) is 11.9. The number of aliphatic hydroxyl groups is 1. The number of urea groups is 1. The molecule has 5 heteroatoms. The lowest BCUT2D eigenvalue weighted by Crippen LogP contribution is -2.38. The fourth-order valence-electron chi connectivity index (χ4n) is 1.04. The molecule has 0 unspecified atom stereocenters. The number of carbonyl (C=O) groups is 1. The van der Waals surface area contributed by atoms with Crippen LogP contribution in [0.25, 0.3) is 0 Å². The van der Waals surface area contributed by atoms with E-state index in [0.29, 0.717) is 5.69 Å². The standard InChI is InChI=1S/C10H15N3O2/c1-7-5-11-4-3-9(7)13-10(15)12-8(2)6-14/h3-5,8,14H,6H2,1-2H3,(H2,11,12,13,15)/t8-/m0/s1. The number of hydrogen-bond acceptors (Lipinski definition) is 3. The van der Waals surface area contributed by atoms with Crippen LogP contribution in [0.15, 0.2) is 18.5 Å². The molecule has 0 aromatic carbocycles. The summed E-state index contributed by atoms with van der Waals surface area (Å²) in [4.78, 5) is 15.3. The summed E-state index contributed by atoms with van der Waals surface area (Å²) in [6.45, 7) is 3.50. The lowest BCUT2D eigenvalue weighted by Gasteiger charge is -2.12. The van der Waals surface area contributed by atoms with E-state index in [4.69, 9.17) is 5.11 Å². The summed E-state index contributed by atoms with van der Waals surface area (Å²) in [5.41, 5.74) is 1.61. The molecule has 0 spiro atoms. The molecule has 1 aromatic rings. The molecule has 0 bridgehead atoms. The summed E-state index contributed by atoms with van der Waals surface area (Å²) in [5.74, 6) is 0. The van der Waals surface area contributed by atoms with Crippen LogP contribution in [0.2, 0.25) is 0 Å². The molecule has 1 atom stereocenters. The predicted octanol–water partition coefficient (Wildman–Crippen LogP) is 0.892. The zero-order chi connectivity index (χ0) is 11.3. The van der Waals surface area contributed by atoms with Crippen molar-refractivity contribution >= 4 is 11.7 Å². The largest absolute Gasteiger partial charge is 0.394 e. The summed E-state index contributed by atoms with van der Waals surface area (Å²) in [6.07, 6.45) is 3.28. The molecule has 0 saturated heterocycles. The molecule has 0 aliphatic carbocycles. The Balaban J connectivity index is 2.55. The first-order chi connectivity index (χ1) is 7.13. The molecule has 1 rings (SSSR count). The van der Waals surface area contributed by atoms with Crippen molar-refractivity contribution in [3.63, 3.8) is 0 Å². The van der Waals surface area contributed by atoms with Crippen LogP contribution >= 0.6 is 0 Å². The van der Waals surface area contributed by atoms with Gasteiger partial charge in [-0.2, -0.15) is 0 Å². The maximum atomic E-state index is 11.4. The lowest BCUT2D eigenvalue weighted by atomic mass is 10.2. The summed E-state index contributed by atoms with van der Waals surface area (Å²) >= 11 is 0. The van der Waals surface area contributed by atoms with E-state index < -0.39 is 0 Å². The molecule has 0 saturated carbocycles. The topological polar surface area (TPSA) is 74.2 Å². The Hall–Kier alpha value is -1.62. The van der Waals surface area contributed by atoms with Gasteiger partial charge in [0.1, 0.15) is 0 Å². The van der Waals surface area contributed by atoms with Gasteiger partial charge in [0.15, 0.2) is 0 Å². The SMILES string of the molecule is Cc1cnccc1NC(=O)N[C@@H](C)CO. The van der Waals surface area contributed by atoms with Crippen LogP contribution in [0.1, 0.15) is 12.5 Å². The quantitative estimate of drug-likeness (QED) is 0.692. The van der Waals surface area contributed by atoms with Gasteiger partial charge < -0.3 is 15.7 Å². The number of pyridine rings is 1. The van der Waals surface area contributed by atoms with Crippen LogP contribution in [-0.4, -0.2) is 28.8 Å². The molecule has 2 amide bonds. The Morgan fingerprint density at radius 1 is 1.67 bits per heavy atom. The number of amides is 2. The van der Waals surface area contributed by atoms with E-state index in [1.54, 1.807) is 25.4 Å². The first kappa shape index (κ1) is 11.5. The Kier molecular flexibility index (Phi) is 4.05. The maximum Gasteiger partial charge on any atom is 0.319 e. The Labute approximate surface area is 88.5 Å². The van der Waals surface area contributed by atoms with Crippen LogP contribution in [-0.2, 0) is 0 Å². The Bertz CT molecular complexity index is 341. The minimum absolute atomic E-state index is 0.0806. The molecule has 0 radical (unpaired) electrons. The first-order valence-electron chi connectivity index (χ1n) is 4.72. The maximum absolute atomic E-state index is 11.4. The molecule has 1 heterocycles. The van der Waals surface area contributed by atoms with Gasteiger partial charge in [0.2, 0.25) is 0 Å². The molecular formula is C10H15N3O2. The van der Waals surface area contributed by atoms with Crippen molar-refractivity contribution in [2.75, 3.05) is 11.9 Å². The second kappa shape index (κ2) is 5.31. The fourth-order valence-corrected chi connectivity index (χ4v) is 1.04. The van der Waals surface area contributed by atoms with Crippen LogP contribution in [0.5, 0.6) is 0 Å². The third kappa shape index (κ3) is 3.55. The van der Waals surface area contributed by atoms with E-state index in [9.17, 15) is 4.79 Å². The average Bonchev–Trinajstić information content (AvgIpc) is 2.21. The smallest absolute Gasteiger partial charge is 0.319 e. The van der Waals surface area contributed by atoms with Crippen molar-refractivity contribution in [3.05, 3.63) is 24.0 Å². The van der Waals surface area contributed by atoms with Gasteiger partial charge in [-0.3, -0.25) is 4.98 Å². The van der Waals surface area contributed by atoms with Crippen LogP contribution in [0, 0.1) is 6.92 Å². The van der Waals surface area contributed by atoms with Crippen LogP contribution in [0.3, 0.4) is 0 Å². The van der Waals surface area contributed by atoms with Gasteiger partial charge in [-0.25, -0.2) is 4.79 Å². The van der Waals surface area contributed by atoms with Gasteiger partial charge in [-0.1, -0.05) is 0 Å². The highest BCUT2D eigenvalue weighted by Gasteiger charge is 2.06. The number of nitrogens with one attached hydrogen (secondary N) is 2. The van der Waals surface area contributed by atoms with Crippen molar-refractivity contribution in [2.24, 2.45) is 0 Å². The van der Waals surface area contributed by atoms with E-state index in [-0.39, 0.29) is 18.7 Å². The van der Waals surface area contributed by atoms with Crippen molar-refractivity contribution in [1.29, 1.82) is 0 Å². The number of anilines is 1. The summed E-state index contributed by atoms with van der Waals surface area (Å²) in [5, 5.41) is 14.0. The van der Waals surface area contributed by atoms with E-state index in [2.05, 4.69) is 15.6 Å². The van der Waals surface area contributed by atoms with E-state index in [0.717, 1.165) is 5.56 Å². The molecule has 1 aromatic heterocycles. The van der Waals surface area contributed by atoms with Crippen molar-refractivity contribution < 1.29 is 9.90 Å². The number of aryl methyl sites for hydroxylation is 1. The zero-order valence-corrected chi connectivity index (χ0v) is 8.82. The van der Waals surface area contributed by atoms with Gasteiger partial charge in [0.05, 0.1) is 12.6 Å². The monoisotopic (exact) mass is 209 g/mol. The zero-order valence-electron chi connectivity index (χ0n) is 8.82. The number of aromatic nitrogens is 1. The van der Waals surface area contributed by atoms with Gasteiger partial charge in [0.25, 0.3) is 0 Å². The number of rotatable bonds is 3. The second-order valence-corrected chi connectivity index (χ2v) is 3.37. The molecular weight excluding hydrogens is 194 g/mol. The minimum atomic E-state index is -0.328. The Morgan fingerprint density at radius 3 is 3.00 bits per heavy atom. The molecule has 0 fully saturated rings. The fraction of sp³-hybridized carbons (Fsp3) is 0.400. The number of hydrogen-bond donors (Lipinski definition) is 3. The molecule has 0 aliphatic rings. The van der Waals surface area contributed by atoms with E-state index >= 15 is 0 Å². The van der Waals surface area contributed by atoms with E-state index in [1.165, 1.54) is 0 Å². The van der Waals surface area contributed by atoms with Gasteiger partial charge >= 0.3 is 6.03 Å². The minimum Gasteiger partial charge on any atom is -0.394 e. The van der Waals surface area contributed by atoms with Crippen molar-refractivity contribution in [1.82, 2.24) is 10.3 Å². The molecule has 82 valence electrons. The summed E-state index contributed by atoms with van der Waals surface area (Å²) in [6, 6.07) is 1.14. The van der Waals surface area contributed by atoms with Crippen LogP contribution < -0.4 is 10.6 Å².